The van der Waals surface area contributed by atoms with Gasteiger partial charge in [0.25, 0.3) is 0 Å². The van der Waals surface area contributed by atoms with Gasteiger partial charge in [0.15, 0.2) is 12.4 Å². The Morgan fingerprint density at radius 2 is 0.704 bits per heavy atom. The summed E-state index contributed by atoms with van der Waals surface area (Å²) in [6, 6.07) is 0. The Kier molecular flexibility index (Phi) is 59.8. The van der Waals surface area contributed by atoms with Crippen LogP contribution in [0.2, 0.25) is 0 Å². The summed E-state index contributed by atoms with van der Waals surface area (Å²) < 4.78 is 22.7. The maximum Gasteiger partial charge on any atom is 0.306 e. The number of hydrogen-bond donors (Lipinski definition) is 0. The molecular weight excluding hydrogens is 1010 g/mol. The number of carbonyl (C=O) groups excluding carboxylic acids is 3. The summed E-state index contributed by atoms with van der Waals surface area (Å²) in [4.78, 5) is 37.4. The Bertz CT molecular complexity index is 1600. The summed E-state index contributed by atoms with van der Waals surface area (Å²) in [5, 5.41) is 11.8. The topological polar surface area (TPSA) is 111 Å². The third-order valence-electron chi connectivity index (χ3n) is 14.6. The van der Waals surface area contributed by atoms with E-state index in [1.54, 1.807) is 0 Å². The third kappa shape index (κ3) is 63.9. The first-order valence-electron chi connectivity index (χ1n) is 33.7. The first kappa shape index (κ1) is 77.5. The molecule has 81 heavy (non-hydrogen) atoms. The van der Waals surface area contributed by atoms with Gasteiger partial charge in [0.05, 0.1) is 40.3 Å². The average Bonchev–Trinajstić information content (AvgIpc) is 3.44. The Morgan fingerprint density at radius 1 is 0.383 bits per heavy atom. The fourth-order valence-electron chi connectivity index (χ4n) is 9.48. The van der Waals surface area contributed by atoms with E-state index >= 15 is 0 Å². The number of ether oxygens (including phenoxy) is 4. The first-order chi connectivity index (χ1) is 39.6. The van der Waals surface area contributed by atoms with Crippen molar-refractivity contribution in [1.29, 1.82) is 0 Å². The number of allylic oxidation sites excluding steroid dienone is 14. The molecule has 0 fully saturated rings. The van der Waals surface area contributed by atoms with Crippen LogP contribution in [-0.2, 0) is 33.3 Å². The zero-order valence-electron chi connectivity index (χ0n) is 53.4. The molecule has 9 nitrogen and oxygen atoms in total. The van der Waals surface area contributed by atoms with E-state index in [1.165, 1.54) is 193 Å². The van der Waals surface area contributed by atoms with Crippen molar-refractivity contribution in [3.8, 4) is 0 Å². The molecule has 2 atom stereocenters. The summed E-state index contributed by atoms with van der Waals surface area (Å²) in [7, 11) is 5.91. The van der Waals surface area contributed by atoms with E-state index in [-0.39, 0.29) is 38.6 Å². The minimum atomic E-state index is -1.64. The Labute approximate surface area is 500 Å². The van der Waals surface area contributed by atoms with Gasteiger partial charge in [-0.05, 0) is 89.9 Å². The van der Waals surface area contributed by atoms with Crippen molar-refractivity contribution in [2.45, 2.75) is 309 Å². The zero-order chi connectivity index (χ0) is 59.1. The molecule has 0 aromatic carbocycles. The molecule has 0 saturated heterocycles. The van der Waals surface area contributed by atoms with Crippen LogP contribution in [0, 0.1) is 0 Å². The molecular formula is C72H127NO8. The highest BCUT2D eigenvalue weighted by molar-refractivity contribution is 5.70. The molecule has 0 aromatic rings. The number of aliphatic carboxylic acids is 1. The second-order valence-corrected chi connectivity index (χ2v) is 23.7. The lowest BCUT2D eigenvalue weighted by Crippen LogP contribution is -2.44. The van der Waals surface area contributed by atoms with Crippen molar-refractivity contribution in [2.24, 2.45) is 0 Å². The Balaban J connectivity index is 4.09. The van der Waals surface area contributed by atoms with Gasteiger partial charge in [-0.2, -0.15) is 0 Å². The highest BCUT2D eigenvalue weighted by Gasteiger charge is 2.22. The van der Waals surface area contributed by atoms with Crippen molar-refractivity contribution in [2.75, 3.05) is 47.5 Å². The third-order valence-corrected chi connectivity index (χ3v) is 14.6. The second kappa shape index (κ2) is 62.5. The van der Waals surface area contributed by atoms with Crippen LogP contribution in [0.5, 0.6) is 0 Å². The molecule has 0 amide bonds. The summed E-state index contributed by atoms with van der Waals surface area (Å²) in [6.07, 6.45) is 81.1. The molecule has 0 aliphatic carbocycles. The van der Waals surface area contributed by atoms with Crippen LogP contribution in [0.15, 0.2) is 85.1 Å². The molecule has 0 radical (unpaired) electrons. The molecule has 0 heterocycles. The van der Waals surface area contributed by atoms with Crippen molar-refractivity contribution in [3.05, 3.63) is 85.1 Å². The lowest BCUT2D eigenvalue weighted by Gasteiger charge is -2.26. The standard InChI is InChI=1S/C72H127NO8/c1-6-8-10-12-14-16-18-20-22-24-26-28-29-30-31-32-33-34-35-36-37-38-39-40-41-43-44-46-48-50-52-54-56-58-60-62-69(74)79-66-68(67-80-72(71(76)77)78-65-64-73(3,4)5)81-70(75)63-61-59-57-55-53-51-49-47-45-42-27-25-23-21-19-17-15-13-11-9-7-2/h9,11,15,17,21,23-24,26-27,42,47,49,53,55,68,72H,6-8,10,12-14,16,18-20,22,25,28-41,43-46,48,50-52,54,56-67H2,1-5H3/b11-9-,17-15-,23-21-,26-24-,42-27-,49-47-,55-53-. The lowest BCUT2D eigenvalue weighted by atomic mass is 10.0. The molecule has 0 aliphatic heterocycles. The van der Waals surface area contributed by atoms with Crippen molar-refractivity contribution < 1.29 is 42.9 Å². The monoisotopic (exact) mass is 1130 g/mol. The molecule has 0 spiro atoms. The summed E-state index contributed by atoms with van der Waals surface area (Å²) in [5.74, 6) is -2.34. The molecule has 2 unspecified atom stereocenters. The number of hydrogen-bond acceptors (Lipinski definition) is 8. The van der Waals surface area contributed by atoms with Gasteiger partial charge in [-0.15, -0.1) is 0 Å². The quantitative estimate of drug-likeness (QED) is 0.0195. The minimum Gasteiger partial charge on any atom is -0.545 e. The van der Waals surface area contributed by atoms with E-state index < -0.39 is 24.3 Å². The van der Waals surface area contributed by atoms with Crippen LogP contribution in [0.4, 0.5) is 0 Å². The average molecular weight is 1130 g/mol. The van der Waals surface area contributed by atoms with Crippen LogP contribution in [-0.4, -0.2) is 82.3 Å². The first-order valence-corrected chi connectivity index (χ1v) is 33.7. The van der Waals surface area contributed by atoms with Gasteiger partial charge in [0.2, 0.25) is 0 Å². The van der Waals surface area contributed by atoms with Gasteiger partial charge < -0.3 is 33.3 Å². The van der Waals surface area contributed by atoms with E-state index in [4.69, 9.17) is 18.9 Å². The number of quaternary nitrogens is 1. The largest absolute Gasteiger partial charge is 0.545 e. The number of likely N-dealkylation sites (N-methyl/N-ethyl adjacent to an activating group) is 1. The molecule has 0 rings (SSSR count). The molecule has 0 aliphatic rings. The molecule has 0 aromatic heterocycles. The van der Waals surface area contributed by atoms with Crippen LogP contribution < -0.4 is 5.11 Å². The number of rotatable bonds is 62. The van der Waals surface area contributed by atoms with Crippen molar-refractivity contribution >= 4 is 17.9 Å². The Hall–Kier alpha value is -3.53. The maximum absolute atomic E-state index is 12.9. The van der Waals surface area contributed by atoms with Gasteiger partial charge in [-0.25, -0.2) is 0 Å². The van der Waals surface area contributed by atoms with Gasteiger partial charge in [-0.3, -0.25) is 9.59 Å². The summed E-state index contributed by atoms with van der Waals surface area (Å²) in [5.41, 5.74) is 0. The van der Waals surface area contributed by atoms with Crippen molar-refractivity contribution in [1.82, 2.24) is 0 Å². The number of esters is 2. The SMILES string of the molecule is CC/C=C\C/C=C\C/C=C\C/C=C\C/C=C\C/C=C\CCCCC(=O)OC(COC(=O)CCCCCCCCCCCCCCCCCCCCCCCCC/C=C\CCCCCCCCCC)COC(OCC[N+](C)(C)C)C(=O)[O-]. The fraction of sp³-hybridized carbons (Fsp3) is 0.764. The van der Waals surface area contributed by atoms with Crippen LogP contribution in [0.1, 0.15) is 296 Å². The number of carboxylic acid groups (broad SMARTS) is 1. The summed E-state index contributed by atoms with van der Waals surface area (Å²) >= 11 is 0. The fourth-order valence-corrected chi connectivity index (χ4v) is 9.48. The summed E-state index contributed by atoms with van der Waals surface area (Å²) in [6.45, 7) is 4.61. The molecule has 9 heteroatoms. The maximum atomic E-state index is 12.9. The molecule has 0 saturated carbocycles. The van der Waals surface area contributed by atoms with E-state index in [2.05, 4.69) is 98.9 Å². The van der Waals surface area contributed by atoms with E-state index in [1.807, 2.05) is 21.1 Å². The highest BCUT2D eigenvalue weighted by atomic mass is 16.7. The lowest BCUT2D eigenvalue weighted by molar-refractivity contribution is -0.870. The van der Waals surface area contributed by atoms with E-state index in [0.29, 0.717) is 17.4 Å². The van der Waals surface area contributed by atoms with Gasteiger partial charge in [0.1, 0.15) is 13.2 Å². The van der Waals surface area contributed by atoms with Crippen LogP contribution in [0.25, 0.3) is 0 Å². The van der Waals surface area contributed by atoms with E-state index in [0.717, 1.165) is 70.6 Å². The predicted molar refractivity (Wildman–Crippen MR) is 343 cm³/mol. The number of nitrogens with zero attached hydrogens (tertiary/aromatic N) is 1. The van der Waals surface area contributed by atoms with Gasteiger partial charge in [-0.1, -0.05) is 279 Å². The highest BCUT2D eigenvalue weighted by Crippen LogP contribution is 2.17. The molecule has 0 bridgehead atoms. The van der Waals surface area contributed by atoms with Gasteiger partial charge >= 0.3 is 11.9 Å². The molecule has 468 valence electrons. The van der Waals surface area contributed by atoms with E-state index in [9.17, 15) is 19.5 Å². The van der Waals surface area contributed by atoms with Crippen molar-refractivity contribution in [3.63, 3.8) is 0 Å². The smallest absolute Gasteiger partial charge is 0.306 e. The van der Waals surface area contributed by atoms with Crippen LogP contribution in [0.3, 0.4) is 0 Å². The normalized spacial score (nSPS) is 13.2. The predicted octanol–water partition coefficient (Wildman–Crippen LogP) is 19.4. The Morgan fingerprint density at radius 3 is 1.09 bits per heavy atom. The molecule has 0 N–H and O–H groups in total. The number of carbonyl (C=O) groups is 3. The number of unbranched alkanes of at least 4 members (excludes halogenated alkanes) is 33. The number of carboxylic acids is 1. The second-order valence-electron chi connectivity index (χ2n) is 23.7. The van der Waals surface area contributed by atoms with Crippen LogP contribution >= 0.6 is 0 Å². The zero-order valence-corrected chi connectivity index (χ0v) is 53.4. The van der Waals surface area contributed by atoms with Gasteiger partial charge in [0, 0.05) is 12.8 Å². The minimum absolute atomic E-state index is 0.136.